The lowest BCUT2D eigenvalue weighted by Gasteiger charge is -2.09. The van der Waals surface area contributed by atoms with Crippen LogP contribution in [-0.4, -0.2) is 9.38 Å². The van der Waals surface area contributed by atoms with Gasteiger partial charge >= 0.3 is 0 Å². The molecule has 1 aliphatic rings. The summed E-state index contributed by atoms with van der Waals surface area (Å²) in [4.78, 5) is 19.5. The molecule has 0 spiro atoms. The summed E-state index contributed by atoms with van der Waals surface area (Å²) in [6.45, 7) is 0. The van der Waals surface area contributed by atoms with Crippen molar-refractivity contribution in [3.63, 3.8) is 0 Å². The second-order valence-electron chi connectivity index (χ2n) is 4.74. The first-order valence-corrected chi connectivity index (χ1v) is 7.08. The van der Waals surface area contributed by atoms with Crippen LogP contribution in [0.15, 0.2) is 29.2 Å². The summed E-state index contributed by atoms with van der Waals surface area (Å²) < 4.78 is 1.66. The van der Waals surface area contributed by atoms with Gasteiger partial charge in [0.05, 0.1) is 5.39 Å². The molecule has 0 saturated carbocycles. The maximum Gasteiger partial charge on any atom is 0.266 e. The average molecular weight is 256 g/mol. The molecule has 0 saturated heterocycles. The average Bonchev–Trinajstić information content (AvgIpc) is 2.77. The molecule has 0 unspecified atom stereocenters. The number of aromatic nitrogens is 2. The van der Waals surface area contributed by atoms with Crippen LogP contribution in [0.25, 0.3) is 15.9 Å². The number of aryl methyl sites for hydroxylation is 2. The summed E-state index contributed by atoms with van der Waals surface area (Å²) >= 11 is 1.70. The van der Waals surface area contributed by atoms with Crippen molar-refractivity contribution >= 4 is 27.2 Å². The lowest BCUT2D eigenvalue weighted by atomic mass is 9.97. The van der Waals surface area contributed by atoms with Gasteiger partial charge in [-0.1, -0.05) is 6.07 Å². The monoisotopic (exact) mass is 256 g/mol. The minimum absolute atomic E-state index is 0.0926. The summed E-state index contributed by atoms with van der Waals surface area (Å²) in [5.74, 6) is 0. The molecule has 0 aromatic carbocycles. The topological polar surface area (TPSA) is 34.4 Å². The van der Waals surface area contributed by atoms with Crippen LogP contribution in [0.1, 0.15) is 23.3 Å². The Labute approximate surface area is 108 Å². The van der Waals surface area contributed by atoms with E-state index in [1.165, 1.54) is 23.3 Å². The number of thiophene rings is 1. The van der Waals surface area contributed by atoms with Gasteiger partial charge in [-0.15, -0.1) is 11.3 Å². The molecule has 3 aromatic heterocycles. The minimum atomic E-state index is 0.0926. The molecule has 3 heterocycles. The highest BCUT2D eigenvalue weighted by atomic mass is 32.1. The molecule has 0 atom stereocenters. The van der Waals surface area contributed by atoms with Crippen LogP contribution in [0.3, 0.4) is 0 Å². The zero-order chi connectivity index (χ0) is 12.1. The molecule has 4 heteroatoms. The highest BCUT2D eigenvalue weighted by Crippen LogP contribution is 2.33. The molecular formula is C14H12N2OS. The van der Waals surface area contributed by atoms with Gasteiger partial charge in [0.15, 0.2) is 0 Å². The van der Waals surface area contributed by atoms with Crippen LogP contribution < -0.4 is 5.56 Å². The van der Waals surface area contributed by atoms with Crippen LogP contribution in [0.4, 0.5) is 0 Å². The van der Waals surface area contributed by atoms with Crippen molar-refractivity contribution in [3.8, 4) is 0 Å². The fraction of sp³-hybridized carbons (Fsp3) is 0.286. The normalized spacial score (nSPS) is 15.1. The van der Waals surface area contributed by atoms with E-state index in [0.717, 1.165) is 28.7 Å². The van der Waals surface area contributed by atoms with Gasteiger partial charge in [0.25, 0.3) is 5.56 Å². The van der Waals surface area contributed by atoms with Crippen LogP contribution >= 0.6 is 11.3 Å². The lowest BCUT2D eigenvalue weighted by molar-refractivity contribution is 0.700. The van der Waals surface area contributed by atoms with Crippen molar-refractivity contribution in [2.24, 2.45) is 0 Å². The second kappa shape index (κ2) is 3.65. The van der Waals surface area contributed by atoms with E-state index in [0.29, 0.717) is 0 Å². The summed E-state index contributed by atoms with van der Waals surface area (Å²) in [5.41, 5.74) is 2.10. The molecule has 3 nitrogen and oxygen atoms in total. The number of fused-ring (bicyclic) bond motifs is 4. The molecule has 0 fully saturated rings. The van der Waals surface area contributed by atoms with Gasteiger partial charge in [-0.25, -0.2) is 4.98 Å². The molecular weight excluding hydrogens is 244 g/mol. The first-order valence-electron chi connectivity index (χ1n) is 6.26. The van der Waals surface area contributed by atoms with E-state index in [-0.39, 0.29) is 5.56 Å². The number of hydrogen-bond acceptors (Lipinski definition) is 3. The van der Waals surface area contributed by atoms with Crippen LogP contribution in [0.2, 0.25) is 0 Å². The Morgan fingerprint density at radius 3 is 3.06 bits per heavy atom. The third kappa shape index (κ3) is 1.29. The van der Waals surface area contributed by atoms with E-state index < -0.39 is 0 Å². The third-order valence-electron chi connectivity index (χ3n) is 3.64. The highest BCUT2D eigenvalue weighted by Gasteiger charge is 2.19. The maximum absolute atomic E-state index is 12.6. The number of nitrogens with zero attached hydrogens (tertiary/aromatic N) is 2. The van der Waals surface area contributed by atoms with Gasteiger partial charge in [-0.3, -0.25) is 9.20 Å². The standard InChI is InChI=1S/C14H12N2OS/c17-14-12-9-5-1-2-6-10(9)18-13(12)15-11-7-3-4-8-16(11)14/h3-4,7-8H,1-2,5-6H2. The highest BCUT2D eigenvalue weighted by molar-refractivity contribution is 7.18. The van der Waals surface area contributed by atoms with Crippen molar-refractivity contribution in [1.29, 1.82) is 0 Å². The summed E-state index contributed by atoms with van der Waals surface area (Å²) in [7, 11) is 0. The Bertz CT molecular complexity index is 816. The number of pyridine rings is 1. The predicted molar refractivity (Wildman–Crippen MR) is 73.5 cm³/mol. The Morgan fingerprint density at radius 2 is 2.11 bits per heavy atom. The van der Waals surface area contributed by atoms with Crippen molar-refractivity contribution in [1.82, 2.24) is 9.38 Å². The maximum atomic E-state index is 12.6. The molecule has 0 radical (unpaired) electrons. The molecule has 1 aliphatic carbocycles. The number of rotatable bonds is 0. The first kappa shape index (κ1) is 10.3. The zero-order valence-electron chi connectivity index (χ0n) is 9.85. The summed E-state index contributed by atoms with van der Waals surface area (Å²) in [6, 6.07) is 5.68. The van der Waals surface area contributed by atoms with Crippen molar-refractivity contribution in [2.45, 2.75) is 25.7 Å². The molecule has 90 valence electrons. The van der Waals surface area contributed by atoms with Gasteiger partial charge in [-0.2, -0.15) is 0 Å². The largest absolute Gasteiger partial charge is 0.268 e. The van der Waals surface area contributed by atoms with Crippen molar-refractivity contribution in [3.05, 3.63) is 45.2 Å². The molecule has 3 aromatic rings. The fourth-order valence-corrected chi connectivity index (χ4v) is 4.03. The Kier molecular flexibility index (Phi) is 2.08. The van der Waals surface area contributed by atoms with Crippen LogP contribution in [0.5, 0.6) is 0 Å². The van der Waals surface area contributed by atoms with Gasteiger partial charge in [0.2, 0.25) is 0 Å². The van der Waals surface area contributed by atoms with E-state index >= 15 is 0 Å². The van der Waals surface area contributed by atoms with Gasteiger partial charge in [0.1, 0.15) is 10.5 Å². The Hall–Kier alpha value is -1.68. The Balaban J connectivity index is 2.22. The third-order valence-corrected chi connectivity index (χ3v) is 4.83. The van der Waals surface area contributed by atoms with Gasteiger partial charge in [0, 0.05) is 11.1 Å². The molecule has 0 amide bonds. The Morgan fingerprint density at radius 1 is 1.22 bits per heavy atom. The van der Waals surface area contributed by atoms with Crippen LogP contribution in [0, 0.1) is 0 Å². The summed E-state index contributed by atoms with van der Waals surface area (Å²) in [5, 5.41) is 0.860. The minimum Gasteiger partial charge on any atom is -0.268 e. The second-order valence-corrected chi connectivity index (χ2v) is 5.82. The van der Waals surface area contributed by atoms with E-state index in [9.17, 15) is 4.79 Å². The first-order chi connectivity index (χ1) is 8.84. The van der Waals surface area contributed by atoms with Crippen LogP contribution in [-0.2, 0) is 12.8 Å². The van der Waals surface area contributed by atoms with Crippen molar-refractivity contribution in [2.75, 3.05) is 0 Å². The molecule has 0 N–H and O–H groups in total. The van der Waals surface area contributed by atoms with Gasteiger partial charge in [-0.05, 0) is 43.4 Å². The molecule has 18 heavy (non-hydrogen) atoms. The van der Waals surface area contributed by atoms with E-state index in [4.69, 9.17) is 0 Å². The van der Waals surface area contributed by atoms with E-state index in [1.807, 2.05) is 18.2 Å². The SMILES string of the molecule is O=c1c2c3c(sc2nc2ccccn12)CCCC3. The quantitative estimate of drug-likeness (QED) is 0.620. The molecule has 0 aliphatic heterocycles. The lowest BCUT2D eigenvalue weighted by Crippen LogP contribution is -2.15. The zero-order valence-corrected chi connectivity index (χ0v) is 10.7. The summed E-state index contributed by atoms with van der Waals surface area (Å²) in [6.07, 6.45) is 6.37. The number of hydrogen-bond donors (Lipinski definition) is 0. The smallest absolute Gasteiger partial charge is 0.266 e. The van der Waals surface area contributed by atoms with E-state index in [2.05, 4.69) is 4.98 Å². The van der Waals surface area contributed by atoms with Crippen molar-refractivity contribution < 1.29 is 0 Å². The van der Waals surface area contributed by atoms with E-state index in [1.54, 1.807) is 21.9 Å². The predicted octanol–water partition coefficient (Wildman–Crippen LogP) is 2.79. The molecule has 0 bridgehead atoms. The van der Waals surface area contributed by atoms with Gasteiger partial charge < -0.3 is 0 Å². The fourth-order valence-electron chi connectivity index (χ4n) is 2.77. The molecule has 4 rings (SSSR count).